The lowest BCUT2D eigenvalue weighted by atomic mass is 9.99. The van der Waals surface area contributed by atoms with Crippen molar-refractivity contribution in [2.24, 2.45) is 31.5 Å². The van der Waals surface area contributed by atoms with Gasteiger partial charge in [0, 0.05) is 84.3 Å². The van der Waals surface area contributed by atoms with Gasteiger partial charge in [0.2, 0.25) is 11.8 Å². The second-order valence-corrected chi connectivity index (χ2v) is 22.3. The number of hydrogen-bond donors (Lipinski definition) is 2. The lowest BCUT2D eigenvalue weighted by molar-refractivity contribution is -0.119. The summed E-state index contributed by atoms with van der Waals surface area (Å²) in [6.45, 7) is 16.0. The van der Waals surface area contributed by atoms with E-state index in [4.69, 9.17) is 0 Å². The van der Waals surface area contributed by atoms with E-state index in [1.165, 1.54) is 23.1 Å². The van der Waals surface area contributed by atoms with Crippen LogP contribution in [0.4, 0.5) is 55.5 Å². The number of para-hydroxylation sites is 1. The highest BCUT2D eigenvalue weighted by Crippen LogP contribution is 2.37. The first-order valence-corrected chi connectivity index (χ1v) is 30.0. The van der Waals surface area contributed by atoms with Crippen LogP contribution in [0.3, 0.4) is 0 Å². The normalized spacial score (nSPS) is 12.2. The number of likely N-dealkylation sites (N-methyl/N-ethyl adjacent to an activating group) is 1. The number of carbonyl (C=O) groups is 3. The summed E-state index contributed by atoms with van der Waals surface area (Å²) in [4.78, 5) is 45.5. The zero-order chi connectivity index (χ0) is 64.1. The van der Waals surface area contributed by atoms with Crippen molar-refractivity contribution in [3.8, 4) is 18.2 Å². The summed E-state index contributed by atoms with van der Waals surface area (Å²) < 4.78 is 8.32. The number of allylic oxidation sites excluding steroid dienone is 1. The van der Waals surface area contributed by atoms with Gasteiger partial charge in [0.15, 0.2) is 15.8 Å². The van der Waals surface area contributed by atoms with Crippen molar-refractivity contribution in [1.82, 2.24) is 13.6 Å². The van der Waals surface area contributed by atoms with Crippen LogP contribution in [-0.2, 0) is 27.5 Å². The summed E-state index contributed by atoms with van der Waals surface area (Å²) in [5.41, 5.74) is 11.6. The Morgan fingerprint density at radius 3 is 1.46 bits per heavy atom. The largest absolute Gasteiger partial charge is 0.378 e. The molecule has 0 radical (unpaired) electrons. The smallest absolute Gasteiger partial charge is 0.283 e. The van der Waals surface area contributed by atoms with Gasteiger partial charge < -0.3 is 30.2 Å². The van der Waals surface area contributed by atoms with Gasteiger partial charge in [0.05, 0.1) is 34.0 Å². The molecular formula is C67H69N17O3S2. The van der Waals surface area contributed by atoms with Gasteiger partial charge in [-0.1, -0.05) is 105 Å². The second-order valence-electron chi connectivity index (χ2n) is 20.8. The summed E-state index contributed by atoms with van der Waals surface area (Å²) in [6.07, 6.45) is 0. The highest BCUT2D eigenvalue weighted by atomic mass is 32.1. The molecule has 3 heterocycles. The zero-order valence-electron chi connectivity index (χ0n) is 51.6. The van der Waals surface area contributed by atoms with E-state index in [2.05, 4.69) is 111 Å². The maximum atomic E-state index is 13.1. The number of rotatable bonds is 18. The van der Waals surface area contributed by atoms with Crippen LogP contribution < -0.4 is 30.3 Å². The molecule has 9 rings (SSSR count). The Morgan fingerprint density at radius 1 is 0.607 bits per heavy atom. The highest BCUT2D eigenvalue weighted by molar-refractivity contribution is 7.10. The molecule has 0 atom stereocenters. The first-order valence-electron chi connectivity index (χ1n) is 28.5. The van der Waals surface area contributed by atoms with Gasteiger partial charge in [-0.3, -0.25) is 14.4 Å². The zero-order valence-corrected chi connectivity index (χ0v) is 53.2. The molecule has 3 amide bonds. The van der Waals surface area contributed by atoms with E-state index in [1.54, 1.807) is 18.7 Å². The number of aryl methyl sites for hydroxylation is 2. The Hall–Kier alpha value is -10.7. The van der Waals surface area contributed by atoms with E-state index in [0.717, 1.165) is 66.3 Å². The van der Waals surface area contributed by atoms with Crippen molar-refractivity contribution in [3.63, 3.8) is 0 Å². The molecule has 0 fully saturated rings. The van der Waals surface area contributed by atoms with Crippen molar-refractivity contribution in [1.29, 1.82) is 15.8 Å². The molecule has 0 bridgehead atoms. The lowest BCUT2D eigenvalue weighted by Crippen LogP contribution is -2.26. The molecule has 1 aliphatic rings. The lowest BCUT2D eigenvalue weighted by Gasteiger charge is -2.24. The Balaban J connectivity index is 0.000000191. The van der Waals surface area contributed by atoms with Crippen molar-refractivity contribution in [2.75, 3.05) is 71.6 Å². The van der Waals surface area contributed by atoms with E-state index in [1.807, 2.05) is 174 Å². The molecule has 2 N–H and O–H groups in total. The molecular weight excluding hydrogens is 1150 g/mol. The van der Waals surface area contributed by atoms with Crippen LogP contribution in [0.5, 0.6) is 0 Å². The SMILES string of the molecule is CCN(Cc1ccccc1)c1ccc(N=Nc2snc(C)c2C#N)c(NC(=O)C(C)C)c1.CCN(Cc1ccccc1)c1ccc(N=Nc2snc(C)c2C#N)c(NC(C)=O)c1.CN(C)C1=NN(c2ccccc2)C(=O)/C1=C(/C#N)c1ccc(N(C)C)cc1. The number of nitrogens with one attached hydrogen (secondary N) is 2. The van der Waals surface area contributed by atoms with E-state index in [9.17, 15) is 30.2 Å². The molecule has 2 aromatic heterocycles. The number of nitrogens with zero attached hydrogens (tertiary/aromatic N) is 15. The second kappa shape index (κ2) is 31.6. The van der Waals surface area contributed by atoms with Gasteiger partial charge >= 0.3 is 0 Å². The Morgan fingerprint density at radius 2 is 1.06 bits per heavy atom. The maximum Gasteiger partial charge on any atom is 0.283 e. The van der Waals surface area contributed by atoms with Gasteiger partial charge in [0.25, 0.3) is 5.91 Å². The number of aromatic nitrogens is 2. The van der Waals surface area contributed by atoms with Crippen LogP contribution in [-0.4, -0.2) is 78.5 Å². The number of anilines is 6. The molecule has 0 saturated heterocycles. The molecule has 0 aliphatic carbocycles. The minimum atomic E-state index is -0.307. The third-order valence-corrected chi connectivity index (χ3v) is 15.3. The molecule has 0 spiro atoms. The highest BCUT2D eigenvalue weighted by Gasteiger charge is 2.36. The monoisotopic (exact) mass is 1220 g/mol. The fourth-order valence-corrected chi connectivity index (χ4v) is 10.2. The molecule has 0 unspecified atom stereocenters. The van der Waals surface area contributed by atoms with Crippen molar-refractivity contribution >= 4 is 108 Å². The number of nitriles is 3. The average Bonchev–Trinajstić information content (AvgIpc) is 1.81. The minimum Gasteiger partial charge on any atom is -0.378 e. The molecule has 8 aromatic rings. The van der Waals surface area contributed by atoms with Gasteiger partial charge in [-0.2, -0.15) is 29.5 Å². The Bertz CT molecular complexity index is 4020. The quantitative estimate of drug-likeness (QED) is 0.0462. The summed E-state index contributed by atoms with van der Waals surface area (Å²) >= 11 is 2.25. The summed E-state index contributed by atoms with van der Waals surface area (Å²) in [6, 6.07) is 55.0. The van der Waals surface area contributed by atoms with Crippen LogP contribution >= 0.6 is 23.1 Å². The van der Waals surface area contributed by atoms with E-state index < -0.39 is 0 Å². The first kappa shape index (κ1) is 65.8. The fourth-order valence-electron chi connectivity index (χ4n) is 8.83. The van der Waals surface area contributed by atoms with Crippen molar-refractivity contribution < 1.29 is 14.4 Å². The summed E-state index contributed by atoms with van der Waals surface area (Å²) in [7, 11) is 7.52. The molecule has 0 saturated carbocycles. The van der Waals surface area contributed by atoms with Crippen LogP contribution in [0.1, 0.15) is 73.8 Å². The average molecular weight is 1220 g/mol. The van der Waals surface area contributed by atoms with Gasteiger partial charge in [0.1, 0.15) is 46.3 Å². The van der Waals surface area contributed by atoms with Gasteiger partial charge in [-0.25, -0.2) is 0 Å². The number of amides is 3. The maximum absolute atomic E-state index is 13.1. The summed E-state index contributed by atoms with van der Waals surface area (Å²) in [5, 5.41) is 58.0. The van der Waals surface area contributed by atoms with Crippen LogP contribution in [0.2, 0.25) is 0 Å². The third-order valence-electron chi connectivity index (χ3n) is 13.7. The van der Waals surface area contributed by atoms with Gasteiger partial charge in [-0.15, -0.1) is 25.6 Å². The van der Waals surface area contributed by atoms with Gasteiger partial charge in [-0.05, 0) is 128 Å². The number of hydrogen-bond acceptors (Lipinski definition) is 19. The van der Waals surface area contributed by atoms with Crippen molar-refractivity contribution in [2.45, 2.75) is 61.6 Å². The Labute approximate surface area is 528 Å². The van der Waals surface area contributed by atoms with E-state index in [-0.39, 0.29) is 23.6 Å². The fraction of sp³-hybridized carbons (Fsp3) is 0.239. The number of azo groups is 2. The third kappa shape index (κ3) is 17.3. The summed E-state index contributed by atoms with van der Waals surface area (Å²) in [5.74, 6) is -0.309. The predicted molar refractivity (Wildman–Crippen MR) is 357 cm³/mol. The molecule has 20 nitrogen and oxygen atoms in total. The number of carbonyl (C=O) groups excluding carboxylic acids is 3. The topological polar surface area (TPSA) is 250 Å². The van der Waals surface area contributed by atoms with Crippen LogP contribution in [0, 0.1) is 53.8 Å². The molecule has 6 aromatic carbocycles. The van der Waals surface area contributed by atoms with Crippen LogP contribution in [0.15, 0.2) is 183 Å². The number of hydrazone groups is 1. The molecule has 452 valence electrons. The minimum absolute atomic E-state index is 0.101. The predicted octanol–water partition coefficient (Wildman–Crippen LogP) is 15.0. The molecule has 1 aliphatic heterocycles. The molecule has 89 heavy (non-hydrogen) atoms. The first-order chi connectivity index (χ1) is 42.9. The Kier molecular flexibility index (Phi) is 23.4. The van der Waals surface area contributed by atoms with E-state index in [0.29, 0.717) is 83.5 Å². The standard InChI is InChI=1S/C24H26N6OS.C22H22N6OS.C21H21N5O/c1-5-30(15-18-9-7-6-8-10-18)19-11-12-21(22(13-19)26-23(31)16(2)3)27-28-24-20(14-25)17(4)29-32-24;1-4-28(14-17-8-6-5-7-9-17)18-10-11-20(21(12-18)24-16(3)29)25-26-22-19(13-23)15(2)27-30-22;1-24(2)16-12-10-15(11-13-16)18(14-22)19-20(25(3)4)23-26(21(19)27)17-8-6-5-7-9-17/h6-13,16H,5,15H2,1-4H3,(H,26,31);5-12H,4,14H2,1-3H3,(H,24,29);5-13H,1-4H3/b;;19-18-. The number of amidine groups is 1. The van der Waals surface area contributed by atoms with Crippen LogP contribution in [0.25, 0.3) is 5.57 Å². The number of benzene rings is 6. The van der Waals surface area contributed by atoms with E-state index >= 15 is 0 Å². The van der Waals surface area contributed by atoms with Crippen molar-refractivity contribution in [3.05, 3.63) is 196 Å². The molecule has 22 heteroatoms.